The Morgan fingerprint density at radius 3 is 1.67 bits per heavy atom. The van der Waals surface area contributed by atoms with Gasteiger partial charge in [0.2, 0.25) is 11.3 Å². The third-order valence-electron chi connectivity index (χ3n) is 2.05. The van der Waals surface area contributed by atoms with Gasteiger partial charge < -0.3 is 18.9 Å². The van der Waals surface area contributed by atoms with Crippen LogP contribution in [0.2, 0.25) is 0 Å². The molecular weight excluding hydrogens is 262 g/mol. The first-order chi connectivity index (χ1) is 8.72. The van der Waals surface area contributed by atoms with Gasteiger partial charge in [-0.1, -0.05) is 0 Å². The first-order valence-corrected chi connectivity index (χ1v) is 6.78. The van der Waals surface area contributed by atoms with E-state index < -0.39 is 11.3 Å². The van der Waals surface area contributed by atoms with Gasteiger partial charge >= 0.3 is 0 Å². The fourth-order valence-electron chi connectivity index (χ4n) is 1.09. The van der Waals surface area contributed by atoms with Crippen molar-refractivity contribution >= 4 is 11.3 Å². The molecule has 0 aliphatic heterocycles. The summed E-state index contributed by atoms with van der Waals surface area (Å²) in [6.07, 6.45) is 0. The average Bonchev–Trinajstić information content (AvgIpc) is 2.35. The Hall–Kier alpha value is -0.0900. The van der Waals surface area contributed by atoms with E-state index in [1.165, 1.54) is 4.31 Å². The molecule has 1 N–H and O–H groups in total. The normalized spacial score (nSPS) is 13.1. The van der Waals surface area contributed by atoms with Crippen LogP contribution in [0.25, 0.3) is 0 Å². The molecule has 0 fully saturated rings. The first-order valence-electron chi connectivity index (χ1n) is 5.71. The molecule has 1 atom stereocenters. The molecule has 0 amide bonds. The monoisotopic (exact) mass is 285 g/mol. The lowest BCUT2D eigenvalue weighted by atomic mass is 10.6. The van der Waals surface area contributed by atoms with Gasteiger partial charge in [0.25, 0.3) is 0 Å². The zero-order valence-electron chi connectivity index (χ0n) is 11.0. The summed E-state index contributed by atoms with van der Waals surface area (Å²) in [5.74, 6) is 0. The summed E-state index contributed by atoms with van der Waals surface area (Å²) in [5, 5.41) is 0. The molecule has 8 heteroatoms. The van der Waals surface area contributed by atoms with Gasteiger partial charge in [-0.05, 0) is 0 Å². The van der Waals surface area contributed by atoms with E-state index in [9.17, 15) is 4.21 Å². The van der Waals surface area contributed by atoms with Crippen LogP contribution in [0.5, 0.6) is 0 Å². The molecule has 0 aromatic rings. The third-order valence-corrected chi connectivity index (χ3v) is 2.86. The summed E-state index contributed by atoms with van der Waals surface area (Å²) >= 11 is -2.01. The smallest absolute Gasteiger partial charge is 0.234 e. The van der Waals surface area contributed by atoms with Crippen LogP contribution in [-0.2, 0) is 30.2 Å². The minimum absolute atomic E-state index is 0.375. The minimum Gasteiger partial charge on any atom is -0.382 e. The summed E-state index contributed by atoms with van der Waals surface area (Å²) in [6, 6.07) is 0. The van der Waals surface area contributed by atoms with Crippen LogP contribution in [0.15, 0.2) is 0 Å². The van der Waals surface area contributed by atoms with Crippen LogP contribution in [0.4, 0.5) is 0 Å². The molecule has 1 unspecified atom stereocenters. The first kappa shape index (κ1) is 17.9. The maximum atomic E-state index is 11.0. The lowest BCUT2D eigenvalue weighted by Crippen LogP contribution is -2.33. The van der Waals surface area contributed by atoms with Gasteiger partial charge in [-0.2, -0.15) is 4.31 Å². The van der Waals surface area contributed by atoms with Crippen LogP contribution in [-0.4, -0.2) is 80.0 Å². The minimum atomic E-state index is -2.01. The predicted octanol–water partition coefficient (Wildman–Crippen LogP) is -0.249. The fraction of sp³-hybridized carbons (Fsp3) is 1.00. The summed E-state index contributed by atoms with van der Waals surface area (Å²) in [4.78, 5) is 0. The highest BCUT2D eigenvalue weighted by molar-refractivity contribution is 7.76. The lowest BCUT2D eigenvalue weighted by molar-refractivity contribution is 0.0522. The van der Waals surface area contributed by atoms with Gasteiger partial charge in [0.05, 0.1) is 39.6 Å². The summed E-state index contributed by atoms with van der Waals surface area (Å²) < 4.78 is 41.5. The molecule has 110 valence electrons. The van der Waals surface area contributed by atoms with Crippen LogP contribution >= 0.6 is 0 Å². The van der Waals surface area contributed by atoms with Crippen LogP contribution in [0.3, 0.4) is 0 Å². The molecule has 7 nitrogen and oxygen atoms in total. The Morgan fingerprint density at radius 2 is 1.33 bits per heavy atom. The van der Waals surface area contributed by atoms with Crippen molar-refractivity contribution in [3.05, 3.63) is 0 Å². The molecule has 0 aromatic heterocycles. The van der Waals surface area contributed by atoms with Crippen LogP contribution in [0.1, 0.15) is 0 Å². The Balaban J connectivity index is 3.56. The van der Waals surface area contributed by atoms with E-state index in [-0.39, 0.29) is 0 Å². The van der Waals surface area contributed by atoms with Crippen molar-refractivity contribution < 1.29 is 27.7 Å². The molecule has 0 spiro atoms. The van der Waals surface area contributed by atoms with E-state index >= 15 is 0 Å². The highest BCUT2D eigenvalue weighted by atomic mass is 32.2. The largest absolute Gasteiger partial charge is 0.382 e. The van der Waals surface area contributed by atoms with E-state index in [0.717, 1.165) is 0 Å². The zero-order valence-corrected chi connectivity index (χ0v) is 11.8. The number of nitrogens with zero attached hydrogens (tertiary/aromatic N) is 1. The Morgan fingerprint density at radius 1 is 0.889 bits per heavy atom. The molecule has 0 aliphatic carbocycles. The van der Waals surface area contributed by atoms with Crippen molar-refractivity contribution in [3.63, 3.8) is 0 Å². The molecule has 0 saturated carbocycles. The number of hydrogen-bond acceptors (Lipinski definition) is 5. The Kier molecular flexibility index (Phi) is 13.3. The molecule has 18 heavy (non-hydrogen) atoms. The quantitative estimate of drug-likeness (QED) is 0.371. The molecule has 0 aromatic carbocycles. The maximum Gasteiger partial charge on any atom is 0.234 e. The maximum absolute atomic E-state index is 11.0. The fourth-order valence-corrected chi connectivity index (χ4v) is 1.55. The molecule has 0 bridgehead atoms. The van der Waals surface area contributed by atoms with Crippen molar-refractivity contribution in [1.29, 1.82) is 0 Å². The van der Waals surface area contributed by atoms with E-state index in [1.807, 2.05) is 0 Å². The molecular formula is C10H23NO6S. The summed E-state index contributed by atoms with van der Waals surface area (Å²) in [7, 11) is 3.19. The SMILES string of the molecule is COCCOCCN(CCOCCOC)S(=O)O. The van der Waals surface area contributed by atoms with Gasteiger partial charge in [0.1, 0.15) is 0 Å². The lowest BCUT2D eigenvalue weighted by Gasteiger charge is -2.17. The second kappa shape index (κ2) is 13.3. The highest BCUT2D eigenvalue weighted by Gasteiger charge is 2.10. The van der Waals surface area contributed by atoms with Crippen LogP contribution < -0.4 is 0 Å². The van der Waals surface area contributed by atoms with E-state index in [2.05, 4.69) is 0 Å². The van der Waals surface area contributed by atoms with E-state index in [1.54, 1.807) is 14.2 Å². The average molecular weight is 285 g/mol. The number of ether oxygens (including phenoxy) is 4. The van der Waals surface area contributed by atoms with Gasteiger partial charge in [0, 0.05) is 27.3 Å². The second-order valence-corrected chi connectivity index (χ2v) is 4.35. The molecule has 0 radical (unpaired) electrons. The van der Waals surface area contributed by atoms with Gasteiger partial charge in [-0.3, -0.25) is 4.55 Å². The number of rotatable bonds is 13. The van der Waals surface area contributed by atoms with E-state index in [0.29, 0.717) is 52.7 Å². The second-order valence-electron chi connectivity index (χ2n) is 3.37. The predicted molar refractivity (Wildman–Crippen MR) is 67.7 cm³/mol. The standard InChI is InChI=1S/C10H23NO6S/c1-14-7-9-16-5-3-11(18(12)13)4-6-17-10-8-15-2/h3-10H2,1-2H3,(H,12,13). The van der Waals surface area contributed by atoms with Gasteiger partial charge in [-0.25, -0.2) is 4.21 Å². The summed E-state index contributed by atoms with van der Waals surface area (Å²) in [6.45, 7) is 3.51. The van der Waals surface area contributed by atoms with Crippen molar-refractivity contribution in [2.75, 3.05) is 67.0 Å². The third kappa shape index (κ3) is 11.0. The van der Waals surface area contributed by atoms with Crippen LogP contribution in [0, 0.1) is 0 Å². The van der Waals surface area contributed by atoms with Gasteiger partial charge in [0.15, 0.2) is 0 Å². The molecule has 0 saturated heterocycles. The Bertz CT molecular complexity index is 193. The van der Waals surface area contributed by atoms with Crippen molar-refractivity contribution in [1.82, 2.24) is 4.31 Å². The van der Waals surface area contributed by atoms with Crippen molar-refractivity contribution in [3.8, 4) is 0 Å². The number of methoxy groups -OCH3 is 2. The summed E-state index contributed by atoms with van der Waals surface area (Å²) in [5.41, 5.74) is 0. The zero-order chi connectivity index (χ0) is 13.6. The molecule has 0 rings (SSSR count). The Labute approximate surface area is 111 Å². The highest BCUT2D eigenvalue weighted by Crippen LogP contribution is 1.93. The van der Waals surface area contributed by atoms with Crippen molar-refractivity contribution in [2.24, 2.45) is 0 Å². The topological polar surface area (TPSA) is 77.5 Å². The number of hydrogen-bond donors (Lipinski definition) is 1. The van der Waals surface area contributed by atoms with Gasteiger partial charge in [-0.15, -0.1) is 0 Å². The molecule has 0 heterocycles. The van der Waals surface area contributed by atoms with Crippen molar-refractivity contribution in [2.45, 2.75) is 0 Å². The molecule has 0 aliphatic rings. The van der Waals surface area contributed by atoms with E-state index in [4.69, 9.17) is 23.5 Å².